The molecule has 8 nitrogen and oxygen atoms in total. The number of benzene rings is 2. The van der Waals surface area contributed by atoms with Crippen molar-refractivity contribution in [1.29, 1.82) is 0 Å². The molecule has 1 heterocycles. The van der Waals surface area contributed by atoms with Crippen LogP contribution in [-0.4, -0.2) is 30.5 Å². The summed E-state index contributed by atoms with van der Waals surface area (Å²) in [6.07, 6.45) is 2.49. The van der Waals surface area contributed by atoms with Gasteiger partial charge in [-0.3, -0.25) is 9.52 Å². The van der Waals surface area contributed by atoms with Crippen LogP contribution < -0.4 is 15.8 Å². The predicted octanol–water partition coefficient (Wildman–Crippen LogP) is 3.33. The molecule has 1 amide bonds. The molecule has 27 heavy (non-hydrogen) atoms. The van der Waals surface area contributed by atoms with Gasteiger partial charge in [-0.15, -0.1) is 0 Å². The van der Waals surface area contributed by atoms with Crippen LogP contribution in [0.25, 0.3) is 11.3 Å². The third-order valence-corrected chi connectivity index (χ3v) is 4.12. The van der Waals surface area contributed by atoms with Crippen LogP contribution >= 0.6 is 0 Å². The van der Waals surface area contributed by atoms with E-state index in [2.05, 4.69) is 20.0 Å². The number of anilines is 3. The van der Waals surface area contributed by atoms with Crippen molar-refractivity contribution >= 4 is 33.1 Å². The van der Waals surface area contributed by atoms with E-state index in [9.17, 15) is 13.2 Å². The first-order valence-electron chi connectivity index (χ1n) is 7.89. The van der Waals surface area contributed by atoms with Crippen molar-refractivity contribution < 1.29 is 18.9 Å². The lowest BCUT2D eigenvalue weighted by Gasteiger charge is -2.09. The summed E-state index contributed by atoms with van der Waals surface area (Å²) in [5.41, 5.74) is 7.75. The number of amides is 1. The van der Waals surface area contributed by atoms with Gasteiger partial charge in [0, 0.05) is 22.6 Å². The largest absolute Gasteiger partial charge is 0.382 e. The monoisotopic (exact) mass is 391 g/mol. The van der Waals surface area contributed by atoms with Crippen molar-refractivity contribution in [2.45, 2.75) is 0 Å². The van der Waals surface area contributed by atoms with Crippen LogP contribution in [0.5, 0.6) is 0 Å². The molecular formula is C18H25N5O3S. The molecule has 3 rings (SSSR count). The molecule has 0 radical (unpaired) electrons. The highest BCUT2D eigenvalue weighted by atomic mass is 32.2. The number of aromatic nitrogens is 2. The quantitative estimate of drug-likeness (QED) is 0.612. The second-order valence-corrected chi connectivity index (χ2v) is 7.51. The Kier molecular flexibility index (Phi) is 5.04. The van der Waals surface area contributed by atoms with Crippen LogP contribution in [0.2, 0.25) is 0 Å². The van der Waals surface area contributed by atoms with Crippen LogP contribution in [0.4, 0.5) is 17.2 Å². The van der Waals surface area contributed by atoms with Gasteiger partial charge in [0.05, 0.1) is 18.1 Å². The molecule has 0 aliphatic heterocycles. The minimum Gasteiger partial charge on any atom is -0.382 e. The zero-order valence-electron chi connectivity index (χ0n) is 14.4. The van der Waals surface area contributed by atoms with Crippen molar-refractivity contribution in [3.63, 3.8) is 0 Å². The Balaban J connectivity index is 0. The number of para-hydroxylation sites is 1. The second kappa shape index (κ2) is 7.42. The van der Waals surface area contributed by atoms with Crippen molar-refractivity contribution in [2.75, 3.05) is 22.0 Å². The van der Waals surface area contributed by atoms with E-state index in [1.54, 1.807) is 48.5 Å². The minimum atomic E-state index is -3.41. The molecule has 3 aromatic rings. The van der Waals surface area contributed by atoms with Gasteiger partial charge < -0.3 is 11.1 Å². The Hall–Kier alpha value is -3.46. The van der Waals surface area contributed by atoms with Gasteiger partial charge in [-0.1, -0.05) is 30.3 Å². The topological polar surface area (TPSA) is 127 Å². The standard InChI is InChI=1S/C18H17N5O3S.4H2/c1-27(25,26)23-14-9-5-6-12(10-14)15-11-20-17(19)16(22-15)18(24)21-13-7-3-2-4-8-13;;;;/h2-11,23H,1H3,(H2,19,20)(H,21,24);4*1H. The molecule has 0 fully saturated rings. The molecule has 0 saturated carbocycles. The van der Waals surface area contributed by atoms with Crippen molar-refractivity contribution in [2.24, 2.45) is 0 Å². The van der Waals surface area contributed by atoms with E-state index < -0.39 is 15.9 Å². The fraction of sp³-hybridized carbons (Fsp3) is 0.0556. The molecule has 4 N–H and O–H groups in total. The second-order valence-electron chi connectivity index (χ2n) is 5.76. The van der Waals surface area contributed by atoms with E-state index in [0.717, 1.165) is 6.26 Å². The van der Waals surface area contributed by atoms with Crippen LogP contribution in [0.15, 0.2) is 60.8 Å². The molecule has 0 bridgehead atoms. The summed E-state index contributed by atoms with van der Waals surface area (Å²) in [7, 11) is -3.41. The number of nitrogens with two attached hydrogens (primary N) is 1. The summed E-state index contributed by atoms with van der Waals surface area (Å²) in [6.45, 7) is 0. The highest BCUT2D eigenvalue weighted by molar-refractivity contribution is 7.92. The summed E-state index contributed by atoms with van der Waals surface area (Å²) in [4.78, 5) is 20.8. The summed E-state index contributed by atoms with van der Waals surface area (Å²) in [5, 5.41) is 2.71. The lowest BCUT2D eigenvalue weighted by molar-refractivity contribution is 0.102. The smallest absolute Gasteiger partial charge is 0.278 e. The Morgan fingerprint density at radius 2 is 1.78 bits per heavy atom. The number of sulfonamides is 1. The third-order valence-electron chi connectivity index (χ3n) is 3.51. The minimum absolute atomic E-state index is 0. The highest BCUT2D eigenvalue weighted by Crippen LogP contribution is 2.23. The molecule has 0 saturated heterocycles. The van der Waals surface area contributed by atoms with E-state index in [4.69, 9.17) is 5.73 Å². The van der Waals surface area contributed by atoms with Gasteiger partial charge in [0.15, 0.2) is 11.5 Å². The maximum Gasteiger partial charge on any atom is 0.278 e. The molecule has 0 unspecified atom stereocenters. The summed E-state index contributed by atoms with van der Waals surface area (Å²) in [5.74, 6) is -0.490. The average Bonchev–Trinajstić information content (AvgIpc) is 2.61. The first-order valence-corrected chi connectivity index (χ1v) is 9.78. The van der Waals surface area contributed by atoms with Crippen molar-refractivity contribution in [1.82, 2.24) is 9.97 Å². The summed E-state index contributed by atoms with van der Waals surface area (Å²) < 4.78 is 25.2. The van der Waals surface area contributed by atoms with Crippen LogP contribution in [-0.2, 0) is 10.0 Å². The Bertz CT molecular complexity index is 1100. The van der Waals surface area contributed by atoms with E-state index >= 15 is 0 Å². The first-order chi connectivity index (χ1) is 12.8. The maximum absolute atomic E-state index is 12.5. The average molecular weight is 391 g/mol. The number of hydrogen-bond acceptors (Lipinski definition) is 6. The third kappa shape index (κ3) is 4.79. The van der Waals surface area contributed by atoms with Gasteiger partial charge in [-0.25, -0.2) is 18.4 Å². The molecule has 2 aromatic carbocycles. The number of nitrogens with zero attached hydrogens (tertiary/aromatic N) is 2. The number of nitrogen functional groups attached to an aromatic ring is 1. The van der Waals surface area contributed by atoms with Gasteiger partial charge >= 0.3 is 0 Å². The molecule has 0 aliphatic rings. The fourth-order valence-corrected chi connectivity index (χ4v) is 2.93. The predicted molar refractivity (Wildman–Crippen MR) is 113 cm³/mol. The summed E-state index contributed by atoms with van der Waals surface area (Å²) in [6, 6.07) is 15.5. The SMILES string of the molecule is CS(=O)(=O)Nc1cccc(-c2cnc(N)c(C(=O)Nc3ccccc3)n2)c1.[HH].[HH].[HH].[HH]. The van der Waals surface area contributed by atoms with E-state index in [1.807, 2.05) is 6.07 Å². The van der Waals surface area contributed by atoms with Gasteiger partial charge in [-0.2, -0.15) is 0 Å². The summed E-state index contributed by atoms with van der Waals surface area (Å²) >= 11 is 0. The Morgan fingerprint density at radius 3 is 2.48 bits per heavy atom. The number of nitrogens with one attached hydrogen (secondary N) is 2. The number of carbonyl (C=O) groups is 1. The zero-order chi connectivity index (χ0) is 19.4. The van der Waals surface area contributed by atoms with Crippen LogP contribution in [0, 0.1) is 0 Å². The molecular weight excluding hydrogens is 366 g/mol. The number of rotatable bonds is 5. The van der Waals surface area contributed by atoms with E-state index in [0.29, 0.717) is 22.6 Å². The normalized spacial score (nSPS) is 11.0. The molecule has 0 spiro atoms. The van der Waals surface area contributed by atoms with Gasteiger partial charge in [0.25, 0.3) is 5.91 Å². The zero-order valence-corrected chi connectivity index (χ0v) is 15.2. The molecule has 0 atom stereocenters. The lowest BCUT2D eigenvalue weighted by Crippen LogP contribution is -2.17. The number of hydrogen-bond donors (Lipinski definition) is 3. The van der Waals surface area contributed by atoms with E-state index in [1.165, 1.54) is 6.20 Å². The van der Waals surface area contributed by atoms with Gasteiger partial charge in [0.2, 0.25) is 10.0 Å². The van der Waals surface area contributed by atoms with Gasteiger partial charge in [-0.05, 0) is 24.3 Å². The molecule has 146 valence electrons. The molecule has 9 heteroatoms. The van der Waals surface area contributed by atoms with Crippen molar-refractivity contribution in [3.05, 3.63) is 66.5 Å². The van der Waals surface area contributed by atoms with Gasteiger partial charge in [0.1, 0.15) is 0 Å². The highest BCUT2D eigenvalue weighted by Gasteiger charge is 2.15. The maximum atomic E-state index is 12.5. The number of carbonyl (C=O) groups excluding carboxylic acids is 1. The molecule has 0 aliphatic carbocycles. The molecule has 1 aromatic heterocycles. The first kappa shape index (κ1) is 18.3. The van der Waals surface area contributed by atoms with Crippen LogP contribution in [0.3, 0.4) is 0 Å². The fourth-order valence-electron chi connectivity index (χ4n) is 2.37. The lowest BCUT2D eigenvalue weighted by atomic mass is 10.1. The van der Waals surface area contributed by atoms with E-state index in [-0.39, 0.29) is 17.2 Å². The van der Waals surface area contributed by atoms with Crippen molar-refractivity contribution in [3.8, 4) is 11.3 Å². The Labute approximate surface area is 162 Å². The van der Waals surface area contributed by atoms with Crippen LogP contribution in [0.1, 0.15) is 16.2 Å². The Morgan fingerprint density at radius 1 is 1.07 bits per heavy atom.